The molecule has 0 spiro atoms. The van der Waals surface area contributed by atoms with Crippen LogP contribution in [0.4, 0.5) is 13.2 Å². The standard InChI is InChI=1S/C31H20Br2F3N3O3/c1-17-10-12-19(13-11-17)30(41)42-28-20(14-21(32)15-24(28)33)16-37-39-29(40)27-25(18-6-3-2-4-7-18)22-8-5-9-23(26(22)38-27)31(34,35)36/h2-16,38H,1H3,(H,39,40). The van der Waals surface area contributed by atoms with Gasteiger partial charge >= 0.3 is 12.1 Å². The molecule has 5 aromatic rings. The van der Waals surface area contributed by atoms with E-state index in [4.69, 9.17) is 4.74 Å². The molecule has 0 saturated carbocycles. The molecule has 0 fully saturated rings. The molecule has 0 unspecified atom stereocenters. The number of rotatable bonds is 6. The SMILES string of the molecule is Cc1ccc(C(=O)Oc2c(Br)cc(Br)cc2C=NNC(=O)c2[nH]c3c(C(F)(F)F)cccc3c2-c2ccccc2)cc1. The van der Waals surface area contributed by atoms with Gasteiger partial charge in [0, 0.05) is 21.0 Å². The summed E-state index contributed by atoms with van der Waals surface area (Å²) in [4.78, 5) is 28.8. The second-order valence-electron chi connectivity index (χ2n) is 9.23. The number of nitrogens with one attached hydrogen (secondary N) is 2. The molecule has 1 aromatic heterocycles. The number of fused-ring (bicyclic) bond motifs is 1. The van der Waals surface area contributed by atoms with Gasteiger partial charge in [-0.15, -0.1) is 0 Å². The molecular formula is C31H20Br2F3N3O3. The summed E-state index contributed by atoms with van der Waals surface area (Å²) in [5.74, 6) is -1.20. The number of amides is 1. The topological polar surface area (TPSA) is 83.5 Å². The lowest BCUT2D eigenvalue weighted by Gasteiger charge is -2.11. The number of aryl methyl sites for hydroxylation is 1. The van der Waals surface area contributed by atoms with Crippen LogP contribution in [0, 0.1) is 6.92 Å². The number of alkyl halides is 3. The molecule has 42 heavy (non-hydrogen) atoms. The van der Waals surface area contributed by atoms with Crippen LogP contribution in [0.3, 0.4) is 0 Å². The minimum Gasteiger partial charge on any atom is -0.421 e. The highest BCUT2D eigenvalue weighted by atomic mass is 79.9. The number of aromatic amines is 1. The number of hydrogen-bond acceptors (Lipinski definition) is 4. The van der Waals surface area contributed by atoms with Crippen molar-refractivity contribution in [1.82, 2.24) is 10.4 Å². The fourth-order valence-electron chi connectivity index (χ4n) is 4.37. The number of hydrazone groups is 1. The second kappa shape index (κ2) is 11.9. The van der Waals surface area contributed by atoms with Crippen molar-refractivity contribution in [1.29, 1.82) is 0 Å². The summed E-state index contributed by atoms with van der Waals surface area (Å²) in [6.45, 7) is 1.90. The molecule has 0 aliphatic heterocycles. The Labute approximate surface area is 254 Å². The van der Waals surface area contributed by atoms with Crippen LogP contribution in [-0.4, -0.2) is 23.1 Å². The van der Waals surface area contributed by atoms with Crippen LogP contribution in [0.2, 0.25) is 0 Å². The Balaban J connectivity index is 1.48. The molecule has 2 N–H and O–H groups in total. The Morgan fingerprint density at radius 3 is 2.36 bits per heavy atom. The number of carbonyl (C=O) groups is 2. The van der Waals surface area contributed by atoms with Gasteiger partial charge in [0.1, 0.15) is 5.69 Å². The monoisotopic (exact) mass is 697 g/mol. The summed E-state index contributed by atoms with van der Waals surface area (Å²) in [7, 11) is 0. The van der Waals surface area contributed by atoms with E-state index in [1.54, 1.807) is 66.7 Å². The maximum atomic E-state index is 13.8. The van der Waals surface area contributed by atoms with Gasteiger partial charge in [0.2, 0.25) is 0 Å². The summed E-state index contributed by atoms with van der Waals surface area (Å²) in [5.41, 5.74) is 3.73. The molecule has 1 heterocycles. The fraction of sp³-hybridized carbons (Fsp3) is 0.0645. The van der Waals surface area contributed by atoms with Gasteiger partial charge in [-0.3, -0.25) is 4.79 Å². The van der Waals surface area contributed by atoms with Gasteiger partial charge in [-0.2, -0.15) is 18.3 Å². The lowest BCUT2D eigenvalue weighted by molar-refractivity contribution is -0.136. The molecule has 0 radical (unpaired) electrons. The van der Waals surface area contributed by atoms with E-state index in [1.165, 1.54) is 18.3 Å². The van der Waals surface area contributed by atoms with Crippen LogP contribution >= 0.6 is 31.9 Å². The zero-order valence-electron chi connectivity index (χ0n) is 21.7. The number of benzene rings is 4. The van der Waals surface area contributed by atoms with Crippen molar-refractivity contribution in [3.63, 3.8) is 0 Å². The number of halogens is 5. The van der Waals surface area contributed by atoms with Gasteiger partial charge in [0.25, 0.3) is 5.91 Å². The van der Waals surface area contributed by atoms with Gasteiger partial charge in [-0.25, -0.2) is 10.2 Å². The van der Waals surface area contributed by atoms with E-state index in [1.807, 2.05) is 6.92 Å². The average Bonchev–Trinajstić information content (AvgIpc) is 3.35. The van der Waals surface area contributed by atoms with Gasteiger partial charge in [0.15, 0.2) is 5.75 Å². The molecule has 4 aromatic carbocycles. The predicted molar refractivity (Wildman–Crippen MR) is 162 cm³/mol. The fourth-order valence-corrected chi connectivity index (χ4v) is 5.71. The minimum absolute atomic E-state index is 0.0912. The Hall–Kier alpha value is -4.22. The zero-order chi connectivity index (χ0) is 30.0. The van der Waals surface area contributed by atoms with Crippen molar-refractivity contribution in [2.75, 3.05) is 0 Å². The lowest BCUT2D eigenvalue weighted by atomic mass is 10.0. The number of hydrogen-bond donors (Lipinski definition) is 2. The third-order valence-electron chi connectivity index (χ3n) is 6.32. The van der Waals surface area contributed by atoms with Crippen LogP contribution in [-0.2, 0) is 6.18 Å². The molecular weight excluding hydrogens is 679 g/mol. The number of esters is 1. The van der Waals surface area contributed by atoms with Gasteiger partial charge in [-0.1, -0.05) is 76.1 Å². The number of aromatic nitrogens is 1. The normalized spacial score (nSPS) is 11.7. The largest absolute Gasteiger partial charge is 0.421 e. The first-order chi connectivity index (χ1) is 20.0. The van der Waals surface area contributed by atoms with Crippen molar-refractivity contribution < 1.29 is 27.5 Å². The first-order valence-electron chi connectivity index (χ1n) is 12.4. The Kier molecular flexibility index (Phi) is 8.33. The quantitative estimate of drug-likeness (QED) is 0.0806. The molecule has 212 valence electrons. The summed E-state index contributed by atoms with van der Waals surface area (Å²) in [6.07, 6.45) is -3.36. The summed E-state index contributed by atoms with van der Waals surface area (Å²) in [6, 6.07) is 22.6. The summed E-state index contributed by atoms with van der Waals surface area (Å²) in [5, 5.41) is 4.27. The summed E-state index contributed by atoms with van der Waals surface area (Å²) < 4.78 is 48.1. The maximum absolute atomic E-state index is 13.8. The Morgan fingerprint density at radius 2 is 1.67 bits per heavy atom. The molecule has 5 rings (SSSR count). The molecule has 0 atom stereocenters. The van der Waals surface area contributed by atoms with Gasteiger partial charge < -0.3 is 9.72 Å². The van der Waals surface area contributed by atoms with Crippen molar-refractivity contribution in [3.8, 4) is 16.9 Å². The second-order valence-corrected chi connectivity index (χ2v) is 11.0. The van der Waals surface area contributed by atoms with E-state index >= 15 is 0 Å². The molecule has 11 heteroatoms. The molecule has 1 amide bonds. The number of carbonyl (C=O) groups excluding carboxylic acids is 2. The molecule has 0 aliphatic carbocycles. The van der Waals surface area contributed by atoms with Crippen molar-refractivity contribution in [2.24, 2.45) is 5.10 Å². The highest BCUT2D eigenvalue weighted by Gasteiger charge is 2.34. The van der Waals surface area contributed by atoms with E-state index < -0.39 is 23.6 Å². The van der Waals surface area contributed by atoms with Crippen LogP contribution in [0.25, 0.3) is 22.0 Å². The molecule has 0 saturated heterocycles. The van der Waals surface area contributed by atoms with E-state index in [2.05, 4.69) is 47.4 Å². The maximum Gasteiger partial charge on any atom is 0.418 e. The number of para-hydroxylation sites is 1. The van der Waals surface area contributed by atoms with E-state index in [-0.39, 0.29) is 22.3 Å². The van der Waals surface area contributed by atoms with Crippen LogP contribution in [0.5, 0.6) is 5.75 Å². The Bertz CT molecular complexity index is 1830. The number of H-pyrrole nitrogens is 1. The van der Waals surface area contributed by atoms with Crippen LogP contribution in [0.1, 0.15) is 37.5 Å². The number of nitrogens with zero attached hydrogens (tertiary/aromatic N) is 1. The lowest BCUT2D eigenvalue weighted by Crippen LogP contribution is -2.19. The third kappa shape index (κ3) is 6.17. The van der Waals surface area contributed by atoms with Crippen molar-refractivity contribution >= 4 is 60.9 Å². The van der Waals surface area contributed by atoms with Crippen LogP contribution < -0.4 is 10.2 Å². The smallest absolute Gasteiger partial charge is 0.418 e. The Morgan fingerprint density at radius 1 is 0.952 bits per heavy atom. The molecule has 0 bridgehead atoms. The predicted octanol–water partition coefficient (Wildman–Crippen LogP) is 8.67. The van der Waals surface area contributed by atoms with Gasteiger partial charge in [-0.05, 0) is 58.7 Å². The van der Waals surface area contributed by atoms with E-state index in [9.17, 15) is 22.8 Å². The van der Waals surface area contributed by atoms with Crippen molar-refractivity contribution in [2.45, 2.75) is 13.1 Å². The highest BCUT2D eigenvalue weighted by Crippen LogP contribution is 2.40. The zero-order valence-corrected chi connectivity index (χ0v) is 24.9. The molecule has 6 nitrogen and oxygen atoms in total. The highest BCUT2D eigenvalue weighted by molar-refractivity contribution is 9.11. The van der Waals surface area contributed by atoms with E-state index in [0.717, 1.165) is 11.6 Å². The first kappa shape index (κ1) is 29.3. The third-order valence-corrected chi connectivity index (χ3v) is 7.36. The minimum atomic E-state index is -4.63. The van der Waals surface area contributed by atoms with Crippen molar-refractivity contribution in [3.05, 3.63) is 122 Å². The molecule has 0 aliphatic rings. The average molecular weight is 699 g/mol. The summed E-state index contributed by atoms with van der Waals surface area (Å²) >= 11 is 6.78. The van der Waals surface area contributed by atoms with Crippen LogP contribution in [0.15, 0.2) is 99.0 Å². The van der Waals surface area contributed by atoms with Gasteiger partial charge in [0.05, 0.1) is 27.3 Å². The van der Waals surface area contributed by atoms with E-state index in [0.29, 0.717) is 31.2 Å². The first-order valence-corrected chi connectivity index (χ1v) is 14.0. The number of ether oxygens (including phenoxy) is 1.